The molecule has 0 saturated carbocycles. The van der Waals surface area contributed by atoms with Crippen LogP contribution in [0.1, 0.15) is 27.5 Å². The number of methoxy groups -OCH3 is 1. The number of Topliss-reactive ketones (excluding diaryl/α,β-unsaturated/α-hetero) is 1. The summed E-state index contributed by atoms with van der Waals surface area (Å²) in [4.78, 5) is 48.0. The Hall–Kier alpha value is -4.14. The number of carbonyl (C=O) groups is 3. The number of nitrogens with zero attached hydrogens (tertiary/aromatic N) is 2. The first-order chi connectivity index (χ1) is 17.5. The normalized spacial score (nSPS) is 13.1. The van der Waals surface area contributed by atoms with E-state index in [-0.39, 0.29) is 30.2 Å². The predicted octanol–water partition coefficient (Wildman–Crippen LogP) is 4.75. The monoisotopic (exact) mass is 536 g/mol. The summed E-state index contributed by atoms with van der Waals surface area (Å²) in [6, 6.07) is 18.0. The molecule has 2 N–H and O–H groups in total. The van der Waals surface area contributed by atoms with E-state index in [0.717, 1.165) is 16.8 Å². The van der Waals surface area contributed by atoms with Gasteiger partial charge in [0.15, 0.2) is 0 Å². The number of rotatable bonds is 7. The van der Waals surface area contributed by atoms with Crippen molar-refractivity contribution in [2.45, 2.75) is 12.6 Å². The molecule has 0 spiro atoms. The number of para-hydroxylation sites is 1. The summed E-state index contributed by atoms with van der Waals surface area (Å²) in [5, 5.41) is 3.44. The van der Waals surface area contributed by atoms with Crippen LogP contribution >= 0.6 is 24.0 Å². The molecule has 188 valence electrons. The van der Waals surface area contributed by atoms with Gasteiger partial charge in [0.05, 0.1) is 36.6 Å². The Kier molecular flexibility index (Phi) is 7.61. The number of hydrogen-bond acceptors (Lipinski definition) is 5. The minimum Gasteiger partial charge on any atom is -0.495 e. The molecule has 37 heavy (non-hydrogen) atoms. The standard InChI is InChI=1S/C27H21ClN4O4.ClH/c1-36-22-7-3-6-20-24(22)32(27(35)25(20)33)23(26(34)30-13-16-4-2-5-19(28)12-16)18-10-8-17(9-11-18)21-14-29-15-31-21;/h2-12,14-15,23H,13H2,1H3,(H,29,31)(H,30,34);1H. The number of aromatic nitrogens is 2. The number of halogens is 2. The molecule has 0 saturated heterocycles. The van der Waals surface area contributed by atoms with Crippen molar-refractivity contribution >= 4 is 47.3 Å². The molecule has 1 aromatic heterocycles. The third-order valence-electron chi connectivity index (χ3n) is 6.02. The largest absolute Gasteiger partial charge is 0.495 e. The Labute approximate surface area is 224 Å². The van der Waals surface area contributed by atoms with Crippen molar-refractivity contribution in [3.8, 4) is 17.0 Å². The molecule has 1 atom stereocenters. The summed E-state index contributed by atoms with van der Waals surface area (Å²) in [5.74, 6) is -1.61. The van der Waals surface area contributed by atoms with Gasteiger partial charge in [-0.2, -0.15) is 0 Å². The van der Waals surface area contributed by atoms with Crippen LogP contribution in [0.3, 0.4) is 0 Å². The minimum atomic E-state index is -1.12. The average Bonchev–Trinajstić information content (AvgIpc) is 3.52. The van der Waals surface area contributed by atoms with Gasteiger partial charge in [-0.15, -0.1) is 12.4 Å². The number of aromatic amines is 1. The van der Waals surface area contributed by atoms with Crippen molar-refractivity contribution in [2.24, 2.45) is 0 Å². The molecular weight excluding hydrogens is 515 g/mol. The fourth-order valence-corrected chi connectivity index (χ4v) is 4.51. The van der Waals surface area contributed by atoms with E-state index in [1.165, 1.54) is 12.0 Å². The van der Waals surface area contributed by atoms with E-state index < -0.39 is 23.6 Å². The molecule has 0 aliphatic carbocycles. The number of fused-ring (bicyclic) bond motifs is 1. The lowest BCUT2D eigenvalue weighted by Gasteiger charge is -2.28. The van der Waals surface area contributed by atoms with Gasteiger partial charge in [-0.25, -0.2) is 4.98 Å². The van der Waals surface area contributed by atoms with Gasteiger partial charge >= 0.3 is 5.91 Å². The summed E-state index contributed by atoms with van der Waals surface area (Å²) in [6.45, 7) is 0.191. The molecule has 10 heteroatoms. The van der Waals surface area contributed by atoms with E-state index >= 15 is 0 Å². The lowest BCUT2D eigenvalue weighted by atomic mass is 10.0. The van der Waals surface area contributed by atoms with E-state index in [1.807, 2.05) is 18.2 Å². The fraction of sp³-hybridized carbons (Fsp3) is 0.111. The molecule has 2 heterocycles. The Morgan fingerprint density at radius 1 is 1.11 bits per heavy atom. The van der Waals surface area contributed by atoms with Crippen molar-refractivity contribution < 1.29 is 19.1 Å². The second-order valence-corrected chi connectivity index (χ2v) is 8.63. The van der Waals surface area contributed by atoms with Crippen molar-refractivity contribution in [1.82, 2.24) is 15.3 Å². The van der Waals surface area contributed by atoms with Crippen LogP contribution in [0.5, 0.6) is 5.75 Å². The topological polar surface area (TPSA) is 104 Å². The smallest absolute Gasteiger partial charge is 0.300 e. The summed E-state index contributed by atoms with van der Waals surface area (Å²) in [7, 11) is 1.45. The molecular formula is C27H22Cl2N4O4. The zero-order valence-electron chi connectivity index (χ0n) is 19.6. The molecule has 5 rings (SSSR count). The quantitative estimate of drug-likeness (QED) is 0.331. The number of ketones is 1. The van der Waals surface area contributed by atoms with Crippen LogP contribution in [-0.2, 0) is 16.1 Å². The molecule has 2 amide bonds. The fourth-order valence-electron chi connectivity index (χ4n) is 4.30. The lowest BCUT2D eigenvalue weighted by Crippen LogP contribution is -2.43. The average molecular weight is 537 g/mol. The summed E-state index contributed by atoms with van der Waals surface area (Å²) in [6.07, 6.45) is 3.26. The Bertz CT molecular complexity index is 1460. The molecule has 0 radical (unpaired) electrons. The molecule has 1 aliphatic rings. The summed E-state index contributed by atoms with van der Waals surface area (Å²) >= 11 is 6.08. The van der Waals surface area contributed by atoms with Crippen LogP contribution in [0.25, 0.3) is 11.3 Å². The number of anilines is 1. The van der Waals surface area contributed by atoms with E-state index in [9.17, 15) is 14.4 Å². The first kappa shape index (κ1) is 25.9. The number of carbonyl (C=O) groups excluding carboxylic acids is 3. The van der Waals surface area contributed by atoms with Gasteiger partial charge < -0.3 is 15.0 Å². The van der Waals surface area contributed by atoms with Gasteiger partial charge in [-0.1, -0.05) is 54.1 Å². The number of imidazole rings is 1. The first-order valence-corrected chi connectivity index (χ1v) is 11.5. The van der Waals surface area contributed by atoms with Crippen molar-refractivity contribution in [2.75, 3.05) is 12.0 Å². The number of amides is 2. The highest BCUT2D eigenvalue weighted by Crippen LogP contribution is 2.42. The second kappa shape index (κ2) is 10.9. The van der Waals surface area contributed by atoms with Crippen molar-refractivity contribution in [3.63, 3.8) is 0 Å². The van der Waals surface area contributed by atoms with E-state index in [4.69, 9.17) is 16.3 Å². The number of ether oxygens (including phenoxy) is 1. The highest BCUT2D eigenvalue weighted by Gasteiger charge is 2.45. The lowest BCUT2D eigenvalue weighted by molar-refractivity contribution is -0.125. The van der Waals surface area contributed by atoms with E-state index in [1.54, 1.807) is 61.1 Å². The van der Waals surface area contributed by atoms with Crippen LogP contribution in [0.4, 0.5) is 5.69 Å². The maximum Gasteiger partial charge on any atom is 0.300 e. The van der Waals surface area contributed by atoms with Gasteiger partial charge in [0, 0.05) is 11.6 Å². The SMILES string of the molecule is COc1cccc2c1N(C(C(=O)NCc1cccc(Cl)c1)c1ccc(-c3cnc[nH]3)cc1)C(=O)C2=O.Cl. The molecule has 3 aromatic carbocycles. The maximum atomic E-state index is 13.7. The summed E-state index contributed by atoms with van der Waals surface area (Å²) < 4.78 is 5.46. The second-order valence-electron chi connectivity index (χ2n) is 8.20. The van der Waals surface area contributed by atoms with Crippen LogP contribution < -0.4 is 15.0 Å². The Morgan fingerprint density at radius 3 is 2.54 bits per heavy atom. The number of hydrogen-bond donors (Lipinski definition) is 2. The van der Waals surface area contributed by atoms with Gasteiger partial charge in [0.25, 0.3) is 5.78 Å². The van der Waals surface area contributed by atoms with Crippen LogP contribution in [-0.4, -0.2) is 34.7 Å². The maximum absolute atomic E-state index is 13.7. The Balaban J connectivity index is 0.00000320. The number of H-pyrrole nitrogens is 1. The van der Waals surface area contributed by atoms with Crippen LogP contribution in [0.15, 0.2) is 79.3 Å². The third-order valence-corrected chi connectivity index (χ3v) is 6.25. The van der Waals surface area contributed by atoms with Crippen LogP contribution in [0, 0.1) is 0 Å². The number of benzene rings is 3. The van der Waals surface area contributed by atoms with Gasteiger partial charge in [-0.05, 0) is 41.0 Å². The minimum absolute atomic E-state index is 0. The highest BCUT2D eigenvalue weighted by atomic mass is 35.5. The molecule has 1 aliphatic heterocycles. The Morgan fingerprint density at radius 2 is 1.86 bits per heavy atom. The van der Waals surface area contributed by atoms with Crippen molar-refractivity contribution in [3.05, 3.63) is 101 Å². The molecule has 0 fully saturated rings. The summed E-state index contributed by atoms with van der Waals surface area (Å²) in [5.41, 5.74) is 3.46. The third kappa shape index (κ3) is 4.94. The molecule has 0 bridgehead atoms. The molecule has 8 nitrogen and oxygen atoms in total. The van der Waals surface area contributed by atoms with Gasteiger partial charge in [-0.3, -0.25) is 19.3 Å². The van der Waals surface area contributed by atoms with Crippen molar-refractivity contribution in [1.29, 1.82) is 0 Å². The van der Waals surface area contributed by atoms with Gasteiger partial charge in [0.2, 0.25) is 5.91 Å². The first-order valence-electron chi connectivity index (χ1n) is 11.1. The molecule has 4 aromatic rings. The zero-order chi connectivity index (χ0) is 25.2. The molecule has 1 unspecified atom stereocenters. The van der Waals surface area contributed by atoms with Gasteiger partial charge in [0.1, 0.15) is 11.8 Å². The zero-order valence-corrected chi connectivity index (χ0v) is 21.2. The van der Waals surface area contributed by atoms with E-state index in [0.29, 0.717) is 16.3 Å². The van der Waals surface area contributed by atoms with Crippen LogP contribution in [0.2, 0.25) is 5.02 Å². The highest BCUT2D eigenvalue weighted by molar-refractivity contribution is 6.53. The number of nitrogens with one attached hydrogen (secondary N) is 2. The predicted molar refractivity (Wildman–Crippen MR) is 142 cm³/mol. The van der Waals surface area contributed by atoms with E-state index in [2.05, 4.69) is 15.3 Å².